The highest BCUT2D eigenvalue weighted by Gasteiger charge is 2.15. The van der Waals surface area contributed by atoms with Gasteiger partial charge in [-0.15, -0.1) is 16.9 Å². The van der Waals surface area contributed by atoms with Gasteiger partial charge in [0.05, 0.1) is 5.75 Å². The van der Waals surface area contributed by atoms with Gasteiger partial charge in [-0.1, -0.05) is 41.5 Å². The van der Waals surface area contributed by atoms with Gasteiger partial charge in [0.1, 0.15) is 5.58 Å². The highest BCUT2D eigenvalue weighted by molar-refractivity contribution is 8.00. The summed E-state index contributed by atoms with van der Waals surface area (Å²) in [5, 5.41) is 11.3. The molecule has 25 heavy (non-hydrogen) atoms. The summed E-state index contributed by atoms with van der Waals surface area (Å²) in [7, 11) is 0. The normalized spacial score (nSPS) is 10.9. The van der Waals surface area contributed by atoms with Crippen molar-refractivity contribution in [2.75, 3.05) is 11.1 Å². The zero-order valence-electron chi connectivity index (χ0n) is 13.0. The third-order valence-electron chi connectivity index (χ3n) is 3.42. The van der Waals surface area contributed by atoms with Crippen molar-refractivity contribution in [2.24, 2.45) is 0 Å². The Morgan fingerprint density at radius 2 is 1.80 bits per heavy atom. The Labute approximate surface area is 147 Å². The number of furan rings is 1. The third-order valence-corrected chi connectivity index (χ3v) is 4.43. The lowest BCUT2D eigenvalue weighted by molar-refractivity contribution is -0.113. The van der Waals surface area contributed by atoms with Crippen molar-refractivity contribution in [3.63, 3.8) is 0 Å². The second-order valence-corrected chi connectivity index (χ2v) is 6.26. The summed E-state index contributed by atoms with van der Waals surface area (Å²) >= 11 is 1.43. The molecule has 0 aliphatic heterocycles. The molecule has 2 heterocycles. The van der Waals surface area contributed by atoms with Crippen LogP contribution in [0.5, 0.6) is 0 Å². The number of nitrogens with zero attached hydrogens (tertiary/aromatic N) is 2. The second-order valence-electron chi connectivity index (χ2n) is 5.21. The maximum Gasteiger partial charge on any atom is 0.322 e. The van der Waals surface area contributed by atoms with E-state index in [0.717, 1.165) is 15.9 Å². The van der Waals surface area contributed by atoms with E-state index in [0.29, 0.717) is 5.76 Å². The van der Waals surface area contributed by atoms with E-state index >= 15 is 0 Å². The highest BCUT2D eigenvalue weighted by Crippen LogP contribution is 2.27. The number of carbonyl (C=O) groups excluding carboxylic acids is 1. The molecule has 0 saturated heterocycles. The Balaban J connectivity index is 1.41. The van der Waals surface area contributed by atoms with Crippen LogP contribution < -0.4 is 5.32 Å². The first-order chi connectivity index (χ1) is 12.3. The number of carbonyl (C=O) groups is 1. The number of anilines is 1. The van der Waals surface area contributed by atoms with E-state index in [-0.39, 0.29) is 23.6 Å². The predicted molar refractivity (Wildman–Crippen MR) is 95.3 cm³/mol. The maximum absolute atomic E-state index is 12.0. The average Bonchev–Trinajstić information content (AvgIpc) is 3.27. The van der Waals surface area contributed by atoms with E-state index in [1.165, 1.54) is 11.8 Å². The van der Waals surface area contributed by atoms with Gasteiger partial charge in [0.15, 0.2) is 5.76 Å². The molecule has 1 amide bonds. The zero-order valence-corrected chi connectivity index (χ0v) is 13.8. The zero-order chi connectivity index (χ0) is 17.1. The predicted octanol–water partition coefficient (Wildman–Crippen LogP) is 4.21. The van der Waals surface area contributed by atoms with Gasteiger partial charge >= 0.3 is 6.01 Å². The number of hydrogen-bond donors (Lipinski definition) is 1. The molecule has 0 bridgehead atoms. The summed E-state index contributed by atoms with van der Waals surface area (Å²) in [6, 6.07) is 19.2. The van der Waals surface area contributed by atoms with Gasteiger partial charge in [0, 0.05) is 10.3 Å². The molecule has 0 saturated carbocycles. The number of fused-ring (bicyclic) bond motifs is 1. The lowest BCUT2D eigenvalue weighted by atomic mass is 10.2. The van der Waals surface area contributed by atoms with Crippen molar-refractivity contribution in [1.29, 1.82) is 0 Å². The van der Waals surface area contributed by atoms with Gasteiger partial charge in [-0.25, -0.2) is 0 Å². The van der Waals surface area contributed by atoms with Crippen LogP contribution in [-0.2, 0) is 4.79 Å². The van der Waals surface area contributed by atoms with Crippen LogP contribution in [0.3, 0.4) is 0 Å². The van der Waals surface area contributed by atoms with Gasteiger partial charge in [-0.05, 0) is 24.3 Å². The Morgan fingerprint density at radius 1 is 1.00 bits per heavy atom. The van der Waals surface area contributed by atoms with Gasteiger partial charge in [0.2, 0.25) is 5.91 Å². The van der Waals surface area contributed by atoms with E-state index in [9.17, 15) is 4.79 Å². The summed E-state index contributed by atoms with van der Waals surface area (Å²) in [6.45, 7) is 0. The van der Waals surface area contributed by atoms with Gasteiger partial charge in [0.25, 0.3) is 5.89 Å². The molecule has 0 radical (unpaired) electrons. The lowest BCUT2D eigenvalue weighted by Crippen LogP contribution is -2.14. The van der Waals surface area contributed by atoms with Crippen molar-refractivity contribution < 1.29 is 13.6 Å². The van der Waals surface area contributed by atoms with Crippen LogP contribution in [0.4, 0.5) is 6.01 Å². The first kappa shape index (κ1) is 15.5. The van der Waals surface area contributed by atoms with Crippen LogP contribution in [0.1, 0.15) is 0 Å². The molecule has 0 fully saturated rings. The summed E-state index contributed by atoms with van der Waals surface area (Å²) in [4.78, 5) is 13.0. The van der Waals surface area contributed by atoms with Crippen LogP contribution >= 0.6 is 11.8 Å². The minimum atomic E-state index is -0.214. The monoisotopic (exact) mass is 351 g/mol. The van der Waals surface area contributed by atoms with Crippen molar-refractivity contribution in [3.8, 4) is 11.7 Å². The SMILES string of the molecule is O=C(CSc1ccccc1)Nc1nnc(-c2cc3ccccc3o2)o1. The number of aromatic nitrogens is 2. The van der Waals surface area contributed by atoms with Gasteiger partial charge in [-0.2, -0.15) is 0 Å². The fourth-order valence-electron chi connectivity index (χ4n) is 2.28. The first-order valence-electron chi connectivity index (χ1n) is 7.58. The van der Waals surface area contributed by atoms with E-state index < -0.39 is 0 Å². The molecule has 0 aliphatic rings. The molecule has 0 unspecified atom stereocenters. The molecular weight excluding hydrogens is 338 g/mol. The minimum absolute atomic E-state index is 0.0501. The standard InChI is InChI=1S/C18H13N3O3S/c22-16(11-25-13-7-2-1-3-8-13)19-18-21-20-17(24-18)15-10-12-6-4-5-9-14(12)23-15/h1-10H,11H2,(H,19,21,22). The Morgan fingerprint density at radius 3 is 2.64 bits per heavy atom. The number of rotatable bonds is 5. The molecule has 4 aromatic rings. The third kappa shape index (κ3) is 3.56. The molecule has 2 aromatic heterocycles. The van der Waals surface area contributed by atoms with E-state index in [2.05, 4.69) is 15.5 Å². The fourth-order valence-corrected chi connectivity index (χ4v) is 3.00. The largest absolute Gasteiger partial charge is 0.451 e. The quantitative estimate of drug-likeness (QED) is 0.542. The summed E-state index contributed by atoms with van der Waals surface area (Å²) < 4.78 is 11.1. The molecule has 4 rings (SSSR count). The van der Waals surface area contributed by atoms with Crippen molar-refractivity contribution in [1.82, 2.24) is 10.2 Å². The molecule has 0 spiro atoms. The second kappa shape index (κ2) is 6.82. The maximum atomic E-state index is 12.0. The number of thioether (sulfide) groups is 1. The smallest absolute Gasteiger partial charge is 0.322 e. The molecule has 1 N–H and O–H groups in total. The van der Waals surface area contributed by atoms with Crippen molar-refractivity contribution in [3.05, 3.63) is 60.7 Å². The molecule has 7 heteroatoms. The van der Waals surface area contributed by atoms with Crippen LogP contribution in [-0.4, -0.2) is 21.9 Å². The molecule has 0 atom stereocenters. The highest BCUT2D eigenvalue weighted by atomic mass is 32.2. The summed E-state index contributed by atoms with van der Waals surface area (Å²) in [5.74, 6) is 0.732. The Bertz CT molecular complexity index is 978. The minimum Gasteiger partial charge on any atom is -0.451 e. The Hall–Kier alpha value is -3.06. The number of benzene rings is 2. The van der Waals surface area contributed by atoms with Crippen molar-refractivity contribution in [2.45, 2.75) is 4.90 Å². The first-order valence-corrected chi connectivity index (χ1v) is 8.57. The topological polar surface area (TPSA) is 81.2 Å². The molecular formula is C18H13N3O3S. The number of para-hydroxylation sites is 1. The number of nitrogens with one attached hydrogen (secondary N) is 1. The van der Waals surface area contributed by atoms with Crippen LogP contribution in [0.2, 0.25) is 0 Å². The summed E-state index contributed by atoms with van der Waals surface area (Å²) in [6.07, 6.45) is 0. The van der Waals surface area contributed by atoms with Crippen LogP contribution in [0.15, 0.2) is 74.4 Å². The van der Waals surface area contributed by atoms with E-state index in [1.807, 2.05) is 60.7 Å². The Kier molecular flexibility index (Phi) is 4.22. The van der Waals surface area contributed by atoms with Gasteiger partial charge in [-0.3, -0.25) is 10.1 Å². The number of hydrogen-bond acceptors (Lipinski definition) is 6. The molecule has 2 aromatic carbocycles. The lowest BCUT2D eigenvalue weighted by Gasteiger charge is -2.00. The van der Waals surface area contributed by atoms with E-state index in [1.54, 1.807) is 0 Å². The summed E-state index contributed by atoms with van der Waals surface area (Å²) in [5.41, 5.74) is 0.737. The van der Waals surface area contributed by atoms with E-state index in [4.69, 9.17) is 8.83 Å². The molecule has 6 nitrogen and oxygen atoms in total. The van der Waals surface area contributed by atoms with Gasteiger partial charge < -0.3 is 8.83 Å². The van der Waals surface area contributed by atoms with Crippen LogP contribution in [0.25, 0.3) is 22.6 Å². The fraction of sp³-hybridized carbons (Fsp3) is 0.0556. The molecule has 124 valence electrons. The molecule has 0 aliphatic carbocycles. The van der Waals surface area contributed by atoms with Crippen molar-refractivity contribution >= 4 is 34.7 Å². The van der Waals surface area contributed by atoms with Crippen LogP contribution in [0, 0.1) is 0 Å². The number of amides is 1. The average molecular weight is 351 g/mol.